The smallest absolute Gasteiger partial charge is 0.136 e. The van der Waals surface area contributed by atoms with E-state index >= 15 is 0 Å². The van der Waals surface area contributed by atoms with Crippen molar-refractivity contribution in [1.29, 1.82) is 0 Å². The Bertz CT molecular complexity index is 1090. The zero-order valence-electron chi connectivity index (χ0n) is 15.7. The van der Waals surface area contributed by atoms with Gasteiger partial charge in [-0.15, -0.1) is 12.4 Å². The van der Waals surface area contributed by atoms with Crippen LogP contribution in [-0.2, 0) is 6.61 Å². The van der Waals surface area contributed by atoms with Gasteiger partial charge in [0.2, 0.25) is 0 Å². The van der Waals surface area contributed by atoms with Crippen molar-refractivity contribution >= 4 is 30.0 Å². The molecule has 3 nitrogen and oxygen atoms in total. The van der Waals surface area contributed by atoms with Crippen LogP contribution in [0.15, 0.2) is 77.8 Å². The number of aliphatic imine (C=N–C) groups is 1. The summed E-state index contributed by atoms with van der Waals surface area (Å²) in [5.74, 6) is 1.53. The lowest BCUT2D eigenvalue weighted by atomic mass is 9.97. The predicted octanol–water partition coefficient (Wildman–Crippen LogP) is 5.40. The first kappa shape index (κ1) is 19.2. The molecule has 0 aliphatic carbocycles. The third-order valence-corrected chi connectivity index (χ3v) is 5.13. The molecule has 146 valence electrons. The Kier molecular flexibility index (Phi) is 5.36. The minimum atomic E-state index is -0.244. The zero-order chi connectivity index (χ0) is 18.9. The van der Waals surface area contributed by atoms with Crippen molar-refractivity contribution in [3.05, 3.63) is 101 Å². The van der Waals surface area contributed by atoms with Gasteiger partial charge in [-0.1, -0.05) is 42.5 Å². The lowest BCUT2D eigenvalue weighted by molar-refractivity contribution is 0.300. The van der Waals surface area contributed by atoms with Crippen LogP contribution in [0, 0.1) is 5.82 Å². The normalized spacial score (nSPS) is 14.3. The average molecular weight is 407 g/mol. The third kappa shape index (κ3) is 3.64. The Balaban J connectivity index is 0.00000205. The SMILES string of the molecule is Cl.Fc1ccccc1COc1ccc(C2=Cc3ccccc3C3=NCCN23)cc1. The van der Waals surface area contributed by atoms with E-state index in [1.165, 1.54) is 17.2 Å². The van der Waals surface area contributed by atoms with Crippen molar-refractivity contribution in [1.82, 2.24) is 4.90 Å². The molecule has 0 N–H and O–H groups in total. The van der Waals surface area contributed by atoms with E-state index in [0.29, 0.717) is 5.56 Å². The molecule has 5 heteroatoms. The number of fused-ring (bicyclic) bond motifs is 3. The molecule has 5 rings (SSSR count). The van der Waals surface area contributed by atoms with Crippen molar-refractivity contribution in [3.63, 3.8) is 0 Å². The van der Waals surface area contributed by atoms with Crippen LogP contribution < -0.4 is 4.74 Å². The zero-order valence-corrected chi connectivity index (χ0v) is 16.5. The van der Waals surface area contributed by atoms with E-state index in [1.54, 1.807) is 12.1 Å². The molecule has 0 bridgehead atoms. The van der Waals surface area contributed by atoms with Crippen LogP contribution in [-0.4, -0.2) is 23.8 Å². The molecule has 29 heavy (non-hydrogen) atoms. The van der Waals surface area contributed by atoms with Gasteiger partial charge in [0.15, 0.2) is 0 Å². The molecule has 0 fully saturated rings. The number of amidine groups is 1. The van der Waals surface area contributed by atoms with Gasteiger partial charge in [0.25, 0.3) is 0 Å². The van der Waals surface area contributed by atoms with Crippen LogP contribution in [0.2, 0.25) is 0 Å². The van der Waals surface area contributed by atoms with E-state index in [4.69, 9.17) is 9.73 Å². The van der Waals surface area contributed by atoms with Crippen LogP contribution in [0.4, 0.5) is 4.39 Å². The topological polar surface area (TPSA) is 24.8 Å². The summed E-state index contributed by atoms with van der Waals surface area (Å²) < 4.78 is 19.5. The largest absolute Gasteiger partial charge is 0.489 e. The number of halogens is 2. The number of benzene rings is 3. The van der Waals surface area contributed by atoms with Crippen LogP contribution in [0.25, 0.3) is 11.8 Å². The lowest BCUT2D eigenvalue weighted by Gasteiger charge is -2.29. The van der Waals surface area contributed by atoms with Crippen molar-refractivity contribution in [3.8, 4) is 5.75 Å². The summed E-state index contributed by atoms with van der Waals surface area (Å²) in [6, 6.07) is 23.0. The molecule has 3 aromatic carbocycles. The van der Waals surface area contributed by atoms with Gasteiger partial charge in [-0.05, 0) is 47.5 Å². The number of nitrogens with zero attached hydrogens (tertiary/aromatic N) is 2. The van der Waals surface area contributed by atoms with E-state index in [1.807, 2.05) is 30.3 Å². The first-order chi connectivity index (χ1) is 13.8. The summed E-state index contributed by atoms with van der Waals surface area (Å²) in [7, 11) is 0. The molecule has 0 saturated carbocycles. The van der Waals surface area contributed by atoms with Crippen LogP contribution in [0.3, 0.4) is 0 Å². The maximum Gasteiger partial charge on any atom is 0.136 e. The van der Waals surface area contributed by atoms with Gasteiger partial charge in [0.05, 0.1) is 12.2 Å². The molecule has 2 aliphatic heterocycles. The van der Waals surface area contributed by atoms with Gasteiger partial charge in [0.1, 0.15) is 24.0 Å². The van der Waals surface area contributed by atoms with Gasteiger partial charge in [-0.3, -0.25) is 4.99 Å². The van der Waals surface area contributed by atoms with Crippen molar-refractivity contribution in [2.45, 2.75) is 6.61 Å². The van der Waals surface area contributed by atoms with Gasteiger partial charge in [-0.2, -0.15) is 0 Å². The van der Waals surface area contributed by atoms with Crippen LogP contribution in [0.1, 0.15) is 22.3 Å². The Morgan fingerprint density at radius 3 is 2.52 bits per heavy atom. The molecule has 0 spiro atoms. The number of rotatable bonds is 4. The molecule has 2 aliphatic rings. The molecular formula is C24H20ClFN2O. The summed E-state index contributed by atoms with van der Waals surface area (Å²) in [4.78, 5) is 6.98. The molecule has 0 atom stereocenters. The Labute approximate surface area is 175 Å². The molecule has 0 unspecified atom stereocenters. The number of ether oxygens (including phenoxy) is 1. The predicted molar refractivity (Wildman–Crippen MR) is 117 cm³/mol. The van der Waals surface area contributed by atoms with E-state index in [-0.39, 0.29) is 24.8 Å². The van der Waals surface area contributed by atoms with Crippen LogP contribution in [0.5, 0.6) is 5.75 Å². The Hall–Kier alpha value is -3.11. The van der Waals surface area contributed by atoms with Gasteiger partial charge in [0, 0.05) is 17.7 Å². The van der Waals surface area contributed by atoms with Gasteiger partial charge in [-0.25, -0.2) is 4.39 Å². The standard InChI is InChI=1S/C24H19FN2O.ClH/c25-22-8-4-2-6-19(22)16-28-20-11-9-17(10-12-20)23-15-18-5-1-3-7-21(18)24-26-13-14-27(23)24;/h1-12,15H,13-14,16H2;1H. The summed E-state index contributed by atoms with van der Waals surface area (Å²) >= 11 is 0. The fourth-order valence-corrected chi connectivity index (χ4v) is 3.70. The molecular weight excluding hydrogens is 387 g/mol. The minimum Gasteiger partial charge on any atom is -0.489 e. The molecule has 0 radical (unpaired) electrons. The number of hydrogen-bond donors (Lipinski definition) is 0. The molecule has 3 aromatic rings. The second-order valence-corrected chi connectivity index (χ2v) is 6.88. The fourth-order valence-electron chi connectivity index (χ4n) is 3.70. The Morgan fingerprint density at radius 2 is 1.69 bits per heavy atom. The van der Waals surface area contributed by atoms with Crippen molar-refractivity contribution in [2.75, 3.05) is 13.1 Å². The minimum absolute atomic E-state index is 0. The summed E-state index contributed by atoms with van der Waals surface area (Å²) in [6.07, 6.45) is 2.22. The third-order valence-electron chi connectivity index (χ3n) is 5.13. The summed E-state index contributed by atoms with van der Waals surface area (Å²) in [5.41, 5.74) is 5.19. The second-order valence-electron chi connectivity index (χ2n) is 6.88. The highest BCUT2D eigenvalue weighted by Crippen LogP contribution is 2.33. The fraction of sp³-hybridized carbons (Fsp3) is 0.125. The summed E-state index contributed by atoms with van der Waals surface area (Å²) in [6.45, 7) is 1.91. The highest BCUT2D eigenvalue weighted by Gasteiger charge is 2.28. The van der Waals surface area contributed by atoms with E-state index in [2.05, 4.69) is 35.2 Å². The molecule has 0 amide bonds. The first-order valence-electron chi connectivity index (χ1n) is 9.39. The van der Waals surface area contributed by atoms with E-state index in [9.17, 15) is 4.39 Å². The molecule has 0 saturated heterocycles. The maximum absolute atomic E-state index is 13.7. The average Bonchev–Trinajstić information content (AvgIpc) is 3.23. The van der Waals surface area contributed by atoms with E-state index in [0.717, 1.165) is 35.9 Å². The molecule has 0 aromatic heterocycles. The van der Waals surface area contributed by atoms with Crippen molar-refractivity contribution < 1.29 is 9.13 Å². The van der Waals surface area contributed by atoms with Crippen molar-refractivity contribution in [2.24, 2.45) is 4.99 Å². The van der Waals surface area contributed by atoms with Gasteiger partial charge >= 0.3 is 0 Å². The highest BCUT2D eigenvalue weighted by atomic mass is 35.5. The lowest BCUT2D eigenvalue weighted by Crippen LogP contribution is -2.30. The van der Waals surface area contributed by atoms with Gasteiger partial charge < -0.3 is 9.64 Å². The second kappa shape index (κ2) is 8.10. The monoisotopic (exact) mass is 406 g/mol. The Morgan fingerprint density at radius 1 is 0.931 bits per heavy atom. The first-order valence-corrected chi connectivity index (χ1v) is 9.39. The van der Waals surface area contributed by atoms with Crippen LogP contribution >= 0.6 is 12.4 Å². The molecule has 2 heterocycles. The highest BCUT2D eigenvalue weighted by molar-refractivity contribution is 6.12. The summed E-state index contributed by atoms with van der Waals surface area (Å²) in [5, 5.41) is 0. The quantitative estimate of drug-likeness (QED) is 0.579. The number of hydrogen-bond acceptors (Lipinski definition) is 3. The van der Waals surface area contributed by atoms with E-state index < -0.39 is 0 Å². The maximum atomic E-state index is 13.7.